The maximum absolute atomic E-state index is 14.1. The average Bonchev–Trinajstić information content (AvgIpc) is 3.32. The van der Waals surface area contributed by atoms with Crippen LogP contribution in [0.25, 0.3) is 22.3 Å². The predicted octanol–water partition coefficient (Wildman–Crippen LogP) is 15.8. The molecule has 2 aliphatic heterocycles. The van der Waals surface area contributed by atoms with E-state index in [0.29, 0.717) is 19.6 Å². The molecule has 0 fully saturated rings. The molecule has 0 N–H and O–H groups in total. The minimum atomic E-state index is -3.67. The van der Waals surface area contributed by atoms with Gasteiger partial charge >= 0.3 is 7.54 Å². The fraction of sp³-hybridized carbons (Fsp3) is 0.0400. The third kappa shape index (κ3) is 15.6. The van der Waals surface area contributed by atoms with Gasteiger partial charge in [-0.1, -0.05) is 85.5 Å². The number of benzene rings is 8. The summed E-state index contributed by atoms with van der Waals surface area (Å²) in [6.07, 6.45) is 0. The summed E-state index contributed by atoms with van der Waals surface area (Å²) in [5, 5.41) is 0.194. The molecule has 0 atom stereocenters. The molecular formula is C50H31BCl2F12I2OS4. The Morgan fingerprint density at radius 1 is 0.458 bits per heavy atom. The molecule has 0 unspecified atom stereocenters. The van der Waals surface area contributed by atoms with E-state index >= 15 is 0 Å². The third-order valence-corrected chi connectivity index (χ3v) is 17.4. The summed E-state index contributed by atoms with van der Waals surface area (Å²) in [4.78, 5) is 3.52. The van der Waals surface area contributed by atoms with Gasteiger partial charge in [-0.2, -0.15) is 0 Å². The second kappa shape index (κ2) is 28.2. The van der Waals surface area contributed by atoms with E-state index in [1.807, 2.05) is 54.6 Å². The molecule has 0 amide bonds. The minimum absolute atomic E-state index is 0. The summed E-state index contributed by atoms with van der Waals surface area (Å²) in [5.74, 6) is -8.25. The van der Waals surface area contributed by atoms with Crippen LogP contribution in [0.1, 0.15) is 7.43 Å². The lowest BCUT2D eigenvalue weighted by Gasteiger charge is -2.19. The first-order valence-electron chi connectivity index (χ1n) is 19.6. The number of alkyl halides is 2. The zero-order valence-corrected chi connectivity index (χ0v) is 44.4. The summed E-state index contributed by atoms with van der Waals surface area (Å²) >= 11 is 16.1. The van der Waals surface area contributed by atoms with Crippen LogP contribution in [0.15, 0.2) is 196 Å². The fourth-order valence-corrected chi connectivity index (χ4v) is 13.6. The van der Waals surface area contributed by atoms with E-state index in [9.17, 15) is 52.3 Å². The van der Waals surface area contributed by atoms with Crippen molar-refractivity contribution in [2.75, 3.05) is 5.34 Å². The molecular weight excluding hydrogens is 1310 g/mol. The Labute approximate surface area is 458 Å². The molecule has 376 valence electrons. The molecule has 8 aromatic rings. The van der Waals surface area contributed by atoms with Gasteiger partial charge in [0, 0.05) is 29.1 Å². The first kappa shape index (κ1) is 60.8. The van der Waals surface area contributed by atoms with E-state index < -0.39 is 75.8 Å². The van der Waals surface area contributed by atoms with Crippen LogP contribution in [0.4, 0.5) is 48.1 Å². The van der Waals surface area contributed by atoms with Crippen LogP contribution in [-0.4, -0.2) is 17.1 Å². The standard InChI is InChI=1S/C24H12F4IS2.C12H4F4OS2.C12H9I.CH2Cl2.CH4.BF3.FH/c25-17-9-21-23(11-19(17)27)31(24-12-20(28)18(26)10-22(24)30-21)16-7-3-14(4-8-16)13-1-5-15(29)6-2-13;13-5-1-9-11(3-7(5)15)19(17)12-4-8(16)6(14)2-10(12)18-9;13-12-8-6-11(7-9-12)10-4-2-1-3-5-10;2-1-3;;2-1(3)4;/h1-12H;1-4H;1-9H;1H2;1H4;;1H/q+1;;;;;;/p-1. The van der Waals surface area contributed by atoms with Gasteiger partial charge in [0.15, 0.2) is 61.2 Å². The number of fused-ring (bicyclic) bond motifs is 4. The lowest BCUT2D eigenvalue weighted by atomic mass is 10.1. The first-order chi connectivity index (χ1) is 33.4. The quantitative estimate of drug-likeness (QED) is 0.0577. The Morgan fingerprint density at radius 3 is 1.10 bits per heavy atom. The average molecular weight is 1340 g/mol. The Kier molecular flexibility index (Phi) is 23.8. The fourth-order valence-electron chi connectivity index (χ4n) is 6.40. The van der Waals surface area contributed by atoms with E-state index in [1.165, 1.54) is 14.7 Å². The van der Waals surface area contributed by atoms with Crippen LogP contribution in [0.5, 0.6) is 0 Å². The number of hydrogen-bond acceptors (Lipinski definition) is 3. The predicted molar refractivity (Wildman–Crippen MR) is 282 cm³/mol. The molecule has 2 heterocycles. The summed E-state index contributed by atoms with van der Waals surface area (Å²) in [6.45, 7) is 0. The smallest absolute Gasteiger partial charge is 0.762 e. The van der Waals surface area contributed by atoms with Gasteiger partial charge in [0.2, 0.25) is 0 Å². The minimum Gasteiger partial charge on any atom is -1.00 e. The van der Waals surface area contributed by atoms with Crippen molar-refractivity contribution in [1.29, 1.82) is 0 Å². The second-order valence-electron chi connectivity index (χ2n) is 13.9. The van der Waals surface area contributed by atoms with Crippen molar-refractivity contribution in [3.63, 3.8) is 0 Å². The van der Waals surface area contributed by atoms with Gasteiger partial charge in [-0.25, -0.2) is 39.3 Å². The van der Waals surface area contributed by atoms with Crippen LogP contribution < -0.4 is 4.70 Å². The van der Waals surface area contributed by atoms with Gasteiger partial charge in [-0.15, -0.1) is 23.2 Å². The van der Waals surface area contributed by atoms with Crippen LogP contribution in [0.2, 0.25) is 0 Å². The molecule has 22 heteroatoms. The van der Waals surface area contributed by atoms with E-state index in [2.05, 4.69) is 93.7 Å². The van der Waals surface area contributed by atoms with Crippen molar-refractivity contribution in [2.45, 2.75) is 51.5 Å². The third-order valence-electron chi connectivity index (χ3n) is 9.44. The van der Waals surface area contributed by atoms with Crippen LogP contribution >= 0.6 is 91.9 Å². The highest BCUT2D eigenvalue weighted by atomic mass is 127. The zero-order valence-electron chi connectivity index (χ0n) is 35.3. The molecule has 0 radical (unpaired) electrons. The van der Waals surface area contributed by atoms with Gasteiger partial charge in [-0.05, 0) is 152 Å². The van der Waals surface area contributed by atoms with Crippen molar-refractivity contribution in [1.82, 2.24) is 0 Å². The van der Waals surface area contributed by atoms with Crippen LogP contribution in [0, 0.1) is 53.7 Å². The topological polar surface area (TPSA) is 17.1 Å². The summed E-state index contributed by atoms with van der Waals surface area (Å²) in [5.41, 5.74) is 4.61. The molecule has 10 rings (SSSR count). The molecule has 1 nitrogen and oxygen atoms in total. The molecule has 2 aliphatic rings. The SMILES string of the molecule is C.ClCCl.FB(F)F.Fc1cc2c(cc1F)[S+](c1ccc(-c3ccc(I)cc3)cc1)c1cc(F)c(F)cc1S2.Ic1ccc(-c2ccccc2)cc1.O=S1c2cc(F)c(F)cc2Sc2cc(F)c(F)cc21.[F-]. The highest BCUT2D eigenvalue weighted by molar-refractivity contribution is 14.1. The number of rotatable bonds is 3. The largest absolute Gasteiger partial charge is 1.00 e. The van der Waals surface area contributed by atoms with Crippen molar-refractivity contribution >= 4 is 121 Å². The molecule has 0 saturated carbocycles. The Hall–Kier alpha value is -3.78. The number of halogens is 16. The van der Waals surface area contributed by atoms with Crippen molar-refractivity contribution in [2.24, 2.45) is 0 Å². The monoisotopic (exact) mass is 1340 g/mol. The van der Waals surface area contributed by atoms with E-state index in [4.69, 9.17) is 23.2 Å². The first-order valence-corrected chi connectivity index (χ1v) is 26.8. The zero-order chi connectivity index (χ0) is 50.8. The van der Waals surface area contributed by atoms with Crippen molar-refractivity contribution < 1.29 is 57.0 Å². The Bertz CT molecular complexity index is 3010. The maximum atomic E-state index is 14.1. The lowest BCUT2D eigenvalue weighted by molar-refractivity contribution is -0.0000214. The van der Waals surface area contributed by atoms with Gasteiger partial charge < -0.3 is 4.70 Å². The molecule has 0 aromatic heterocycles. The van der Waals surface area contributed by atoms with Crippen molar-refractivity contribution in [3.05, 3.63) is 205 Å². The van der Waals surface area contributed by atoms with Crippen LogP contribution in [0.3, 0.4) is 0 Å². The lowest BCUT2D eigenvalue weighted by Crippen LogP contribution is -3.00. The van der Waals surface area contributed by atoms with Gasteiger partial charge in [-0.3, -0.25) is 12.9 Å². The summed E-state index contributed by atoms with van der Waals surface area (Å²) in [6, 6.07) is 42.8. The molecule has 8 aromatic carbocycles. The van der Waals surface area contributed by atoms with Gasteiger partial charge in [0.25, 0.3) is 0 Å². The van der Waals surface area contributed by atoms with Gasteiger partial charge in [0.1, 0.15) is 10.9 Å². The van der Waals surface area contributed by atoms with Crippen LogP contribution in [-0.2, 0) is 21.7 Å². The van der Waals surface area contributed by atoms with E-state index in [1.54, 1.807) is 0 Å². The second-order valence-corrected chi connectivity index (χ2v) is 22.7. The highest BCUT2D eigenvalue weighted by Gasteiger charge is 2.40. The highest BCUT2D eigenvalue weighted by Crippen LogP contribution is 2.50. The Morgan fingerprint density at radius 2 is 0.736 bits per heavy atom. The molecule has 0 saturated heterocycles. The molecule has 0 spiro atoms. The molecule has 72 heavy (non-hydrogen) atoms. The summed E-state index contributed by atoms with van der Waals surface area (Å²) in [7, 11) is -6.43. The van der Waals surface area contributed by atoms with Crippen molar-refractivity contribution in [3.8, 4) is 22.3 Å². The normalized spacial score (nSPS) is 11.8. The summed E-state index contributed by atoms with van der Waals surface area (Å²) < 4.78 is 152. The van der Waals surface area contributed by atoms with E-state index in [-0.39, 0.29) is 37.1 Å². The Balaban J connectivity index is 0.000000234. The number of hydrogen-bond donors (Lipinski definition) is 0. The molecule has 0 bridgehead atoms. The maximum Gasteiger partial charge on any atom is 0.762 e. The molecule has 0 aliphatic carbocycles. The van der Waals surface area contributed by atoms with E-state index in [0.717, 1.165) is 91.6 Å². The van der Waals surface area contributed by atoms with Gasteiger partial charge in [0.05, 0.1) is 35.7 Å².